The average molecular weight is 403 g/mol. The largest absolute Gasteiger partial charge is 0.476 e. The molecule has 0 unspecified atom stereocenters. The first-order valence-corrected chi connectivity index (χ1v) is 9.57. The Kier molecular flexibility index (Phi) is 3.91. The molecule has 0 bridgehead atoms. The molecule has 4 heterocycles. The molecule has 0 saturated heterocycles. The van der Waals surface area contributed by atoms with Crippen LogP contribution in [0.25, 0.3) is 22.3 Å². The van der Waals surface area contributed by atoms with Gasteiger partial charge in [-0.25, -0.2) is 9.78 Å². The van der Waals surface area contributed by atoms with Crippen LogP contribution in [0.2, 0.25) is 0 Å². The minimum Gasteiger partial charge on any atom is -0.476 e. The van der Waals surface area contributed by atoms with Crippen LogP contribution < -0.4 is 10.3 Å². The van der Waals surface area contributed by atoms with Crippen molar-refractivity contribution >= 4 is 16.9 Å². The number of nitrogens with zero attached hydrogens (tertiary/aromatic N) is 3. The third-order valence-corrected chi connectivity index (χ3v) is 5.79. The van der Waals surface area contributed by atoms with Crippen molar-refractivity contribution in [3.8, 4) is 23.2 Å². The van der Waals surface area contributed by atoms with E-state index in [0.717, 1.165) is 10.9 Å². The standard InChI is InChI=1S/C22H17N3O5/c1-2-22(28)15-9-16-18-13(10-25(16)20(26)14(15)11-30-21(22)27)8-12-4-3-5-17(19(12)24-18)29-7-6-23/h3-5,8-9,28H,2,7,10-11H2,1H3/t22-/m0/s1. The topological polar surface area (TPSA) is 114 Å². The lowest BCUT2D eigenvalue weighted by Crippen LogP contribution is -2.44. The lowest BCUT2D eigenvalue weighted by molar-refractivity contribution is -0.172. The number of esters is 1. The molecule has 0 fully saturated rings. The maximum atomic E-state index is 13.2. The first-order chi connectivity index (χ1) is 14.5. The van der Waals surface area contributed by atoms with Gasteiger partial charge < -0.3 is 19.1 Å². The Balaban J connectivity index is 1.75. The highest BCUT2D eigenvalue weighted by molar-refractivity contribution is 5.89. The van der Waals surface area contributed by atoms with Crippen molar-refractivity contribution in [1.29, 1.82) is 5.26 Å². The van der Waals surface area contributed by atoms with E-state index in [1.807, 2.05) is 24.3 Å². The second-order valence-corrected chi connectivity index (χ2v) is 7.37. The van der Waals surface area contributed by atoms with Crippen LogP contribution in [0.5, 0.6) is 5.75 Å². The molecule has 0 spiro atoms. The van der Waals surface area contributed by atoms with E-state index in [1.165, 1.54) is 0 Å². The van der Waals surface area contributed by atoms with Crippen LogP contribution in [0.1, 0.15) is 30.0 Å². The van der Waals surface area contributed by atoms with Gasteiger partial charge in [0, 0.05) is 16.5 Å². The van der Waals surface area contributed by atoms with E-state index in [4.69, 9.17) is 19.7 Å². The smallest absolute Gasteiger partial charge is 0.343 e. The Morgan fingerprint density at radius 1 is 1.37 bits per heavy atom. The van der Waals surface area contributed by atoms with Crippen molar-refractivity contribution in [1.82, 2.24) is 9.55 Å². The number of para-hydroxylation sites is 1. The molecule has 150 valence electrons. The molecule has 0 aliphatic carbocycles. The molecule has 1 N–H and O–H groups in total. The number of benzene rings is 1. The molecule has 2 aliphatic rings. The maximum absolute atomic E-state index is 13.2. The van der Waals surface area contributed by atoms with Crippen LogP contribution in [0.15, 0.2) is 35.1 Å². The SMILES string of the molecule is CC[C@@]1(O)C(=O)OCc2c1cc1n(c2=O)Cc2cc3cccc(OCC#N)c3nc2-1. The number of hydrogen-bond donors (Lipinski definition) is 1. The molecule has 5 rings (SSSR count). The number of carbonyl (C=O) groups excluding carboxylic acids is 1. The van der Waals surface area contributed by atoms with Crippen molar-refractivity contribution in [2.45, 2.75) is 32.1 Å². The lowest BCUT2D eigenvalue weighted by atomic mass is 9.86. The second kappa shape index (κ2) is 6.40. The van der Waals surface area contributed by atoms with Gasteiger partial charge in [0.05, 0.1) is 23.5 Å². The molecular weight excluding hydrogens is 386 g/mol. The van der Waals surface area contributed by atoms with E-state index < -0.39 is 11.6 Å². The van der Waals surface area contributed by atoms with Gasteiger partial charge in [0.1, 0.15) is 23.9 Å². The van der Waals surface area contributed by atoms with E-state index in [1.54, 1.807) is 23.6 Å². The summed E-state index contributed by atoms with van der Waals surface area (Å²) in [5.41, 5.74) is 0.967. The first-order valence-electron chi connectivity index (χ1n) is 9.57. The van der Waals surface area contributed by atoms with Gasteiger partial charge in [-0.3, -0.25) is 4.79 Å². The zero-order valence-electron chi connectivity index (χ0n) is 16.1. The number of ether oxygens (including phenoxy) is 2. The van der Waals surface area contributed by atoms with Gasteiger partial charge in [-0.2, -0.15) is 5.26 Å². The molecular formula is C22H17N3O5. The lowest BCUT2D eigenvalue weighted by Gasteiger charge is -2.31. The molecule has 0 radical (unpaired) electrons. The van der Waals surface area contributed by atoms with E-state index >= 15 is 0 Å². The molecule has 2 aliphatic heterocycles. The summed E-state index contributed by atoms with van der Waals surface area (Å²) in [6, 6.07) is 11.0. The highest BCUT2D eigenvalue weighted by Gasteiger charge is 2.45. The minimum absolute atomic E-state index is 0.0892. The number of nitriles is 1. The van der Waals surface area contributed by atoms with Gasteiger partial charge in [-0.05, 0) is 24.6 Å². The van der Waals surface area contributed by atoms with E-state index in [2.05, 4.69) is 0 Å². The van der Waals surface area contributed by atoms with Crippen molar-refractivity contribution in [3.63, 3.8) is 0 Å². The van der Waals surface area contributed by atoms with Crippen LogP contribution in [0.4, 0.5) is 0 Å². The third-order valence-electron chi connectivity index (χ3n) is 5.79. The normalized spacial score (nSPS) is 18.9. The van der Waals surface area contributed by atoms with Gasteiger partial charge in [-0.1, -0.05) is 19.1 Å². The van der Waals surface area contributed by atoms with Crippen LogP contribution >= 0.6 is 0 Å². The molecule has 8 nitrogen and oxygen atoms in total. The molecule has 3 aromatic rings. The number of cyclic esters (lactones) is 1. The van der Waals surface area contributed by atoms with Gasteiger partial charge in [0.15, 0.2) is 12.2 Å². The first kappa shape index (κ1) is 18.3. The number of fused-ring (bicyclic) bond motifs is 5. The van der Waals surface area contributed by atoms with Crippen molar-refractivity contribution in [2.75, 3.05) is 6.61 Å². The minimum atomic E-state index is -1.86. The summed E-state index contributed by atoms with van der Waals surface area (Å²) in [7, 11) is 0. The molecule has 0 amide bonds. The van der Waals surface area contributed by atoms with Crippen molar-refractivity contribution in [2.24, 2.45) is 0 Å². The van der Waals surface area contributed by atoms with E-state index in [-0.39, 0.29) is 36.3 Å². The highest BCUT2D eigenvalue weighted by atomic mass is 16.6. The van der Waals surface area contributed by atoms with Crippen LogP contribution in [0.3, 0.4) is 0 Å². The van der Waals surface area contributed by atoms with Gasteiger partial charge in [0.2, 0.25) is 0 Å². The maximum Gasteiger partial charge on any atom is 0.343 e. The van der Waals surface area contributed by atoms with E-state index in [0.29, 0.717) is 29.2 Å². The fourth-order valence-corrected chi connectivity index (χ4v) is 4.21. The van der Waals surface area contributed by atoms with Gasteiger partial charge in [-0.15, -0.1) is 0 Å². The number of rotatable bonds is 3. The van der Waals surface area contributed by atoms with Crippen molar-refractivity contribution in [3.05, 3.63) is 57.4 Å². The summed E-state index contributed by atoms with van der Waals surface area (Å²) in [5, 5.41) is 20.6. The van der Waals surface area contributed by atoms with Crippen molar-refractivity contribution < 1.29 is 19.4 Å². The summed E-state index contributed by atoms with van der Waals surface area (Å²) < 4.78 is 12.2. The molecule has 1 atom stereocenters. The Morgan fingerprint density at radius 3 is 2.97 bits per heavy atom. The average Bonchev–Trinajstić information content (AvgIpc) is 3.11. The predicted octanol–water partition coefficient (Wildman–Crippen LogP) is 1.98. The third kappa shape index (κ3) is 2.39. The van der Waals surface area contributed by atoms with Crippen LogP contribution in [-0.4, -0.2) is 27.2 Å². The Bertz CT molecular complexity index is 1340. The summed E-state index contributed by atoms with van der Waals surface area (Å²) in [6.07, 6.45) is 0.0892. The highest BCUT2D eigenvalue weighted by Crippen LogP contribution is 2.39. The summed E-state index contributed by atoms with van der Waals surface area (Å²) in [4.78, 5) is 30.1. The summed E-state index contributed by atoms with van der Waals surface area (Å²) in [6.45, 7) is 1.74. The summed E-state index contributed by atoms with van der Waals surface area (Å²) in [5.74, 6) is -0.275. The Morgan fingerprint density at radius 2 is 2.20 bits per heavy atom. The molecule has 8 heteroatoms. The molecule has 30 heavy (non-hydrogen) atoms. The van der Waals surface area contributed by atoms with Gasteiger partial charge >= 0.3 is 5.97 Å². The van der Waals surface area contributed by atoms with E-state index in [9.17, 15) is 14.7 Å². The quantitative estimate of drug-likeness (QED) is 0.520. The van der Waals surface area contributed by atoms with Crippen LogP contribution in [-0.2, 0) is 28.3 Å². The predicted molar refractivity (Wildman–Crippen MR) is 106 cm³/mol. The second-order valence-electron chi connectivity index (χ2n) is 7.37. The Hall–Kier alpha value is -3.70. The fourth-order valence-electron chi connectivity index (χ4n) is 4.21. The van der Waals surface area contributed by atoms with Crippen LogP contribution in [0, 0.1) is 11.3 Å². The molecule has 1 aromatic carbocycles. The number of carbonyl (C=O) groups is 1. The number of aromatic nitrogens is 2. The zero-order valence-corrected chi connectivity index (χ0v) is 16.1. The number of hydrogen-bond acceptors (Lipinski definition) is 7. The summed E-state index contributed by atoms with van der Waals surface area (Å²) >= 11 is 0. The number of aliphatic hydroxyl groups is 1. The number of pyridine rings is 2. The Labute approximate surface area is 170 Å². The monoisotopic (exact) mass is 403 g/mol. The van der Waals surface area contributed by atoms with Gasteiger partial charge in [0.25, 0.3) is 5.56 Å². The molecule has 2 aromatic heterocycles. The fraction of sp³-hybridized carbons (Fsp3) is 0.273. The molecule has 0 saturated carbocycles. The zero-order chi connectivity index (χ0) is 21.0.